The van der Waals surface area contributed by atoms with Gasteiger partial charge in [-0.15, -0.1) is 0 Å². The van der Waals surface area contributed by atoms with E-state index in [4.69, 9.17) is 14.2 Å². The van der Waals surface area contributed by atoms with Gasteiger partial charge in [0.2, 0.25) is 0 Å². The van der Waals surface area contributed by atoms with Crippen LogP contribution >= 0.6 is 0 Å². The number of aromatic hydroxyl groups is 1. The third-order valence-corrected chi connectivity index (χ3v) is 6.73. The van der Waals surface area contributed by atoms with E-state index < -0.39 is 6.04 Å². The van der Waals surface area contributed by atoms with Crippen molar-refractivity contribution < 1.29 is 24.1 Å². The lowest BCUT2D eigenvalue weighted by molar-refractivity contribution is -0.116. The first-order valence-corrected chi connectivity index (χ1v) is 11.5. The Morgan fingerprint density at radius 1 is 0.800 bits per heavy atom. The molecular weight excluding hydrogens is 444 g/mol. The zero-order valence-corrected chi connectivity index (χ0v) is 19.9. The number of nitrogens with one attached hydrogen (secondary N) is 2. The van der Waals surface area contributed by atoms with Crippen molar-refractivity contribution in [2.45, 2.75) is 24.8 Å². The second-order valence-electron chi connectivity index (χ2n) is 8.71. The highest BCUT2D eigenvalue weighted by Crippen LogP contribution is 2.46. The van der Waals surface area contributed by atoms with E-state index in [0.717, 1.165) is 28.2 Å². The monoisotopic (exact) mass is 472 g/mol. The average molecular weight is 473 g/mol. The van der Waals surface area contributed by atoms with Gasteiger partial charge in [-0.1, -0.05) is 24.3 Å². The van der Waals surface area contributed by atoms with Crippen molar-refractivity contribution in [3.8, 4) is 23.0 Å². The number of Topliss-reactive ketones (excluding diaryl/α,β-unsaturated/α-hetero) is 1. The van der Waals surface area contributed by atoms with E-state index in [1.54, 1.807) is 26.4 Å². The number of methoxy groups -OCH3 is 3. The van der Waals surface area contributed by atoms with Gasteiger partial charge >= 0.3 is 0 Å². The second-order valence-corrected chi connectivity index (χ2v) is 8.71. The fourth-order valence-electron chi connectivity index (χ4n) is 4.96. The Morgan fingerprint density at radius 3 is 2.23 bits per heavy atom. The third-order valence-electron chi connectivity index (χ3n) is 6.73. The lowest BCUT2D eigenvalue weighted by Crippen LogP contribution is -2.26. The summed E-state index contributed by atoms with van der Waals surface area (Å²) >= 11 is 0. The molecule has 7 nitrogen and oxygen atoms in total. The van der Waals surface area contributed by atoms with Gasteiger partial charge in [-0.3, -0.25) is 4.79 Å². The Kier molecular flexibility index (Phi) is 5.99. The van der Waals surface area contributed by atoms with Crippen LogP contribution in [-0.4, -0.2) is 32.2 Å². The fraction of sp³-hybridized carbons (Fsp3) is 0.250. The van der Waals surface area contributed by atoms with Gasteiger partial charge in [0.05, 0.1) is 38.7 Å². The number of ether oxygens (including phenoxy) is 3. The first kappa shape index (κ1) is 22.7. The van der Waals surface area contributed by atoms with E-state index in [0.29, 0.717) is 35.7 Å². The molecule has 2 atom stereocenters. The molecule has 0 saturated carbocycles. The number of carbonyl (C=O) groups is 1. The van der Waals surface area contributed by atoms with Gasteiger partial charge < -0.3 is 30.0 Å². The third kappa shape index (κ3) is 4.14. The number of benzene rings is 3. The van der Waals surface area contributed by atoms with Crippen LogP contribution in [-0.2, 0) is 4.79 Å². The molecule has 180 valence electrons. The highest BCUT2D eigenvalue weighted by molar-refractivity contribution is 6.01. The van der Waals surface area contributed by atoms with Crippen LogP contribution in [0, 0.1) is 0 Å². The quantitative estimate of drug-likeness (QED) is 0.458. The standard InChI is InChI=1S/C28H28N2O5/c1-33-24-11-9-16(14-26(24)35-3)18-12-21-27(23(32)13-18)28(17-8-10-22(31)25(15-17)34-2)30-20-7-5-4-6-19(20)29-21/h4-11,14-15,18,28-31H,12-13H2,1-3H3/t18-,28-/m1/s1. The number of anilines is 2. The molecule has 3 aromatic rings. The highest BCUT2D eigenvalue weighted by Gasteiger charge is 2.36. The molecule has 1 aliphatic heterocycles. The molecule has 3 aromatic carbocycles. The smallest absolute Gasteiger partial charge is 0.163 e. The summed E-state index contributed by atoms with van der Waals surface area (Å²) in [5.41, 5.74) is 5.26. The van der Waals surface area contributed by atoms with Crippen molar-refractivity contribution in [2.24, 2.45) is 0 Å². The molecule has 35 heavy (non-hydrogen) atoms. The van der Waals surface area contributed by atoms with Crippen molar-refractivity contribution in [2.75, 3.05) is 32.0 Å². The Morgan fingerprint density at radius 2 is 1.49 bits per heavy atom. The van der Waals surface area contributed by atoms with Crippen LogP contribution in [0.4, 0.5) is 11.4 Å². The largest absolute Gasteiger partial charge is 0.504 e. The van der Waals surface area contributed by atoms with Crippen molar-refractivity contribution in [3.63, 3.8) is 0 Å². The van der Waals surface area contributed by atoms with Crippen LogP contribution < -0.4 is 24.8 Å². The van der Waals surface area contributed by atoms with Crippen LogP contribution in [0.5, 0.6) is 23.0 Å². The van der Waals surface area contributed by atoms with E-state index >= 15 is 0 Å². The molecule has 7 heteroatoms. The fourth-order valence-corrected chi connectivity index (χ4v) is 4.96. The number of phenols is 1. The minimum atomic E-state index is -0.394. The zero-order chi connectivity index (χ0) is 24.5. The average Bonchev–Trinajstić information content (AvgIpc) is 3.05. The number of allylic oxidation sites excluding steroid dienone is 1. The summed E-state index contributed by atoms with van der Waals surface area (Å²) in [5, 5.41) is 17.2. The molecule has 0 amide bonds. The molecule has 0 saturated heterocycles. The number of fused-ring (bicyclic) bond motifs is 1. The first-order valence-electron chi connectivity index (χ1n) is 11.5. The van der Waals surface area contributed by atoms with Crippen LogP contribution in [0.1, 0.15) is 35.9 Å². The number of ketones is 1. The molecule has 0 radical (unpaired) electrons. The van der Waals surface area contributed by atoms with Crippen LogP contribution in [0.25, 0.3) is 0 Å². The first-order chi connectivity index (χ1) is 17.0. The maximum atomic E-state index is 13.7. The summed E-state index contributed by atoms with van der Waals surface area (Å²) in [7, 11) is 4.73. The van der Waals surface area contributed by atoms with E-state index in [2.05, 4.69) is 10.6 Å². The molecule has 0 unspecified atom stereocenters. The molecule has 5 rings (SSSR count). The van der Waals surface area contributed by atoms with Gasteiger partial charge in [0, 0.05) is 17.7 Å². The number of phenolic OH excluding ortho intramolecular Hbond substituents is 1. The van der Waals surface area contributed by atoms with Gasteiger partial charge in [0.1, 0.15) is 0 Å². The maximum Gasteiger partial charge on any atom is 0.163 e. The molecule has 0 aromatic heterocycles. The Hall–Kier alpha value is -4.13. The number of hydrogen-bond donors (Lipinski definition) is 3. The molecule has 1 heterocycles. The van der Waals surface area contributed by atoms with Gasteiger partial charge in [-0.25, -0.2) is 0 Å². The lowest BCUT2D eigenvalue weighted by atomic mass is 9.78. The summed E-state index contributed by atoms with van der Waals surface area (Å²) in [6.45, 7) is 0. The molecule has 3 N–H and O–H groups in total. The Bertz CT molecular complexity index is 1320. The minimum Gasteiger partial charge on any atom is -0.504 e. The van der Waals surface area contributed by atoms with E-state index in [1.165, 1.54) is 7.11 Å². The van der Waals surface area contributed by atoms with Crippen molar-refractivity contribution in [3.05, 3.63) is 83.1 Å². The second kappa shape index (κ2) is 9.25. The maximum absolute atomic E-state index is 13.7. The van der Waals surface area contributed by atoms with Crippen molar-refractivity contribution in [1.29, 1.82) is 0 Å². The van der Waals surface area contributed by atoms with Crippen molar-refractivity contribution in [1.82, 2.24) is 0 Å². The molecule has 1 aliphatic carbocycles. The number of para-hydroxylation sites is 2. The highest BCUT2D eigenvalue weighted by atomic mass is 16.5. The molecule has 2 aliphatic rings. The van der Waals surface area contributed by atoms with Gasteiger partial charge in [-0.2, -0.15) is 0 Å². The topological polar surface area (TPSA) is 89.1 Å². The van der Waals surface area contributed by atoms with Crippen molar-refractivity contribution >= 4 is 17.2 Å². The molecule has 0 spiro atoms. The predicted molar refractivity (Wildman–Crippen MR) is 135 cm³/mol. The van der Waals surface area contributed by atoms with Gasteiger partial charge in [0.15, 0.2) is 28.8 Å². The molecule has 0 fully saturated rings. The lowest BCUT2D eigenvalue weighted by Gasteiger charge is -2.30. The summed E-state index contributed by atoms with van der Waals surface area (Å²) < 4.78 is 16.2. The van der Waals surface area contributed by atoms with E-state index in [1.807, 2.05) is 48.5 Å². The van der Waals surface area contributed by atoms with Gasteiger partial charge in [-0.05, 0) is 59.9 Å². The van der Waals surface area contributed by atoms with E-state index in [-0.39, 0.29) is 17.5 Å². The Labute approximate surface area is 204 Å². The number of hydrogen-bond acceptors (Lipinski definition) is 7. The van der Waals surface area contributed by atoms with Crippen LogP contribution in [0.15, 0.2) is 71.9 Å². The number of rotatable bonds is 5. The summed E-state index contributed by atoms with van der Waals surface area (Å²) in [6.07, 6.45) is 1.04. The number of carbonyl (C=O) groups excluding carboxylic acids is 1. The summed E-state index contributed by atoms with van der Waals surface area (Å²) in [5.74, 6) is 1.78. The van der Waals surface area contributed by atoms with E-state index in [9.17, 15) is 9.90 Å². The summed E-state index contributed by atoms with van der Waals surface area (Å²) in [4.78, 5) is 13.7. The predicted octanol–water partition coefficient (Wildman–Crippen LogP) is 5.40. The minimum absolute atomic E-state index is 0.00572. The summed E-state index contributed by atoms with van der Waals surface area (Å²) in [6, 6.07) is 18.5. The normalized spacial score (nSPS) is 19.0. The van der Waals surface area contributed by atoms with Crippen LogP contribution in [0.2, 0.25) is 0 Å². The SMILES string of the molecule is COc1cc([C@H]2Nc3ccccc3NC3=C2C(=O)C[C@H](c2ccc(OC)c(OC)c2)C3)ccc1O. The molecular formula is C28H28N2O5. The van der Waals surface area contributed by atoms with Gasteiger partial charge in [0.25, 0.3) is 0 Å². The molecule has 0 bridgehead atoms. The van der Waals surface area contributed by atoms with Crippen LogP contribution in [0.3, 0.4) is 0 Å². The Balaban J connectivity index is 1.59. The zero-order valence-electron chi connectivity index (χ0n) is 19.9.